The molecule has 0 spiro atoms. The van der Waals surface area contributed by atoms with Gasteiger partial charge in [0.05, 0.1) is 33.6 Å². The summed E-state index contributed by atoms with van der Waals surface area (Å²) in [5, 5.41) is 23.4. The molecule has 2 amide bonds. The summed E-state index contributed by atoms with van der Waals surface area (Å²) >= 11 is 5.61. The second kappa shape index (κ2) is 18.3. The van der Waals surface area contributed by atoms with Crippen LogP contribution >= 0.6 is 11.6 Å². The van der Waals surface area contributed by atoms with E-state index in [4.69, 9.17) is 21.1 Å². The molecule has 0 aliphatic heterocycles. The molecule has 0 heterocycles. The molecule has 0 atom stereocenters. The van der Waals surface area contributed by atoms with Crippen LogP contribution in [0.5, 0.6) is 11.5 Å². The average Bonchev–Trinajstić information content (AvgIpc) is 3.10. The number of carboxylic acid groups (broad SMARTS) is 2. The van der Waals surface area contributed by atoms with Gasteiger partial charge < -0.3 is 30.3 Å². The second-order valence-corrected chi connectivity index (χ2v) is 11.5. The lowest BCUT2D eigenvalue weighted by atomic mass is 10.1. The highest BCUT2D eigenvalue weighted by Crippen LogP contribution is 2.38. The fourth-order valence-electron chi connectivity index (χ4n) is 4.38. The Morgan fingerprint density at radius 2 is 1.11 bits per heavy atom. The number of rotatable bonds is 12. The van der Waals surface area contributed by atoms with Crippen LogP contribution in [-0.2, 0) is 35.2 Å². The molecule has 4 N–H and O–H groups in total. The van der Waals surface area contributed by atoms with Crippen molar-refractivity contribution in [3.05, 3.63) is 117 Å². The number of anilines is 2. The van der Waals surface area contributed by atoms with Gasteiger partial charge in [-0.3, -0.25) is 9.59 Å². The van der Waals surface area contributed by atoms with Crippen LogP contribution in [0.3, 0.4) is 0 Å². The Labute approximate surface area is 307 Å². The zero-order valence-corrected chi connectivity index (χ0v) is 28.9. The number of aromatic carboxylic acids is 2. The molecule has 4 aromatic carbocycles. The Kier molecular flexibility index (Phi) is 14.4. The number of carbonyl (C=O) groups is 4. The van der Waals surface area contributed by atoms with Gasteiger partial charge in [-0.05, 0) is 71.8 Å². The van der Waals surface area contributed by atoms with E-state index in [1.54, 1.807) is 13.8 Å². The SMILES string of the molecule is CCC(=O)Nc1ccc(COc2ccc(C(F)(F)F)cc2F)cc1C(=O)O.CCC(=O)Nc1ccc(COc2ccc(Cl)cc2C(F)(F)F)cc1C(=O)O. The molecule has 54 heavy (non-hydrogen) atoms. The normalized spacial score (nSPS) is 11.1. The molecule has 0 aromatic heterocycles. The Hall–Kier alpha value is -5.84. The first-order valence-corrected chi connectivity index (χ1v) is 15.9. The average molecular weight is 787 g/mol. The highest BCUT2D eigenvalue weighted by Gasteiger charge is 2.35. The van der Waals surface area contributed by atoms with Crippen LogP contribution in [-0.4, -0.2) is 34.0 Å². The first-order valence-electron chi connectivity index (χ1n) is 15.5. The number of alkyl halides is 6. The lowest BCUT2D eigenvalue weighted by Crippen LogP contribution is -2.14. The summed E-state index contributed by atoms with van der Waals surface area (Å²) in [6, 6.07) is 13.1. The smallest absolute Gasteiger partial charge is 0.420 e. The van der Waals surface area contributed by atoms with Gasteiger partial charge in [0, 0.05) is 17.9 Å². The van der Waals surface area contributed by atoms with Crippen molar-refractivity contribution in [2.24, 2.45) is 0 Å². The first-order chi connectivity index (χ1) is 25.2. The third-order valence-electron chi connectivity index (χ3n) is 7.11. The molecular weight excluding hydrogens is 757 g/mol. The second-order valence-electron chi connectivity index (χ2n) is 11.0. The number of ether oxygens (including phenoxy) is 2. The summed E-state index contributed by atoms with van der Waals surface area (Å²) in [5.41, 5.74) is -1.70. The summed E-state index contributed by atoms with van der Waals surface area (Å²) in [6.45, 7) is 2.65. The first kappa shape index (κ1) is 42.6. The van der Waals surface area contributed by atoms with Crippen molar-refractivity contribution in [2.75, 3.05) is 10.6 Å². The Morgan fingerprint density at radius 3 is 1.52 bits per heavy atom. The summed E-state index contributed by atoms with van der Waals surface area (Å²) < 4.78 is 101. The molecule has 0 saturated carbocycles. The molecule has 4 rings (SSSR count). The minimum atomic E-state index is -4.67. The van der Waals surface area contributed by atoms with E-state index in [2.05, 4.69) is 10.6 Å². The van der Waals surface area contributed by atoms with Crippen LogP contribution in [0.1, 0.15) is 69.7 Å². The molecule has 0 aliphatic carbocycles. The van der Waals surface area contributed by atoms with Gasteiger partial charge in [-0.1, -0.05) is 37.6 Å². The van der Waals surface area contributed by atoms with Crippen LogP contribution < -0.4 is 20.1 Å². The van der Waals surface area contributed by atoms with Gasteiger partial charge in [-0.25, -0.2) is 14.0 Å². The van der Waals surface area contributed by atoms with Gasteiger partial charge in [0.2, 0.25) is 11.8 Å². The van der Waals surface area contributed by atoms with Crippen LogP contribution in [0, 0.1) is 5.82 Å². The van der Waals surface area contributed by atoms with Gasteiger partial charge >= 0.3 is 24.3 Å². The number of carbonyl (C=O) groups excluding carboxylic acids is 2. The van der Waals surface area contributed by atoms with Crippen LogP contribution in [0.2, 0.25) is 5.02 Å². The van der Waals surface area contributed by atoms with E-state index in [9.17, 15) is 60.1 Å². The van der Waals surface area contributed by atoms with Crippen molar-refractivity contribution in [1.82, 2.24) is 0 Å². The number of carboxylic acids is 2. The Morgan fingerprint density at radius 1 is 0.648 bits per heavy atom. The van der Waals surface area contributed by atoms with E-state index >= 15 is 0 Å². The van der Waals surface area contributed by atoms with Crippen LogP contribution in [0.15, 0.2) is 72.8 Å². The number of hydrogen-bond donors (Lipinski definition) is 4. The van der Waals surface area contributed by atoms with Gasteiger partial charge in [-0.2, -0.15) is 26.3 Å². The molecular formula is C36H30ClF7N2O8. The summed E-state index contributed by atoms with van der Waals surface area (Å²) in [7, 11) is 0. The molecule has 10 nitrogen and oxygen atoms in total. The topological polar surface area (TPSA) is 151 Å². The monoisotopic (exact) mass is 786 g/mol. The quantitative estimate of drug-likeness (QED) is 0.104. The summed E-state index contributed by atoms with van der Waals surface area (Å²) in [4.78, 5) is 45.6. The lowest BCUT2D eigenvalue weighted by Gasteiger charge is -2.15. The van der Waals surface area contributed by atoms with E-state index in [0.29, 0.717) is 23.3 Å². The lowest BCUT2D eigenvalue weighted by molar-refractivity contribution is -0.139. The highest BCUT2D eigenvalue weighted by atomic mass is 35.5. The minimum absolute atomic E-state index is 0.0844. The maximum Gasteiger partial charge on any atom is 0.420 e. The van der Waals surface area contributed by atoms with Crippen LogP contribution in [0.4, 0.5) is 42.1 Å². The summed E-state index contributed by atoms with van der Waals surface area (Å²) in [5.74, 6) is -5.31. The maximum absolute atomic E-state index is 13.8. The predicted octanol–water partition coefficient (Wildman–Crippen LogP) is 9.45. The van der Waals surface area contributed by atoms with E-state index in [1.807, 2.05) is 0 Å². The number of amides is 2. The van der Waals surface area contributed by atoms with Crippen LogP contribution in [0.25, 0.3) is 0 Å². The Balaban J connectivity index is 0.000000290. The molecule has 0 aliphatic rings. The van der Waals surface area contributed by atoms with Gasteiger partial charge in [0.15, 0.2) is 11.6 Å². The molecule has 18 heteroatoms. The van der Waals surface area contributed by atoms with Gasteiger partial charge in [-0.15, -0.1) is 0 Å². The standard InChI is InChI=1S/C18H15ClF3NO4.C18H15F4NO4/c1-2-16(24)23-14-5-3-10(7-12(14)17(25)26)9-27-15-6-4-11(19)8-13(15)18(20,21)22;1-2-16(24)23-14-5-3-10(7-12(14)17(25)26)9-27-15-6-4-11(8-13(15)19)18(20,21)22/h2*3-8H,2,9H2,1H3,(H,23,24)(H,25,26). The molecule has 288 valence electrons. The maximum atomic E-state index is 13.8. The fourth-order valence-corrected chi connectivity index (χ4v) is 4.55. The van der Waals surface area contributed by atoms with Crippen molar-refractivity contribution < 1.29 is 69.6 Å². The molecule has 0 radical (unpaired) electrons. The van der Waals surface area contributed by atoms with Crippen molar-refractivity contribution in [1.29, 1.82) is 0 Å². The third kappa shape index (κ3) is 12.1. The zero-order valence-electron chi connectivity index (χ0n) is 28.1. The van der Waals surface area contributed by atoms with Gasteiger partial charge in [0.1, 0.15) is 19.0 Å². The number of nitrogens with one attached hydrogen (secondary N) is 2. The van der Waals surface area contributed by atoms with Crippen molar-refractivity contribution in [2.45, 2.75) is 52.3 Å². The number of benzene rings is 4. The van der Waals surface area contributed by atoms with E-state index < -0.39 is 52.7 Å². The largest absolute Gasteiger partial charge is 0.488 e. The third-order valence-corrected chi connectivity index (χ3v) is 7.35. The van der Waals surface area contributed by atoms with E-state index in [0.717, 1.165) is 18.2 Å². The van der Waals surface area contributed by atoms with E-state index in [-0.39, 0.29) is 65.4 Å². The van der Waals surface area contributed by atoms with Gasteiger partial charge in [0.25, 0.3) is 0 Å². The zero-order chi connectivity index (χ0) is 40.4. The van der Waals surface area contributed by atoms with Crippen molar-refractivity contribution >= 4 is 46.7 Å². The minimum Gasteiger partial charge on any atom is -0.488 e. The molecule has 0 unspecified atom stereocenters. The molecule has 0 saturated heterocycles. The predicted molar refractivity (Wildman–Crippen MR) is 181 cm³/mol. The molecule has 4 aromatic rings. The molecule has 0 fully saturated rings. The summed E-state index contributed by atoms with van der Waals surface area (Å²) in [6.07, 6.45) is -8.99. The molecule has 0 bridgehead atoms. The van der Waals surface area contributed by atoms with E-state index in [1.165, 1.54) is 42.5 Å². The fraction of sp³-hybridized carbons (Fsp3) is 0.222. The highest BCUT2D eigenvalue weighted by molar-refractivity contribution is 6.30. The number of halogens is 8. The number of hydrogen-bond acceptors (Lipinski definition) is 6. The van der Waals surface area contributed by atoms with Crippen molar-refractivity contribution in [3.8, 4) is 11.5 Å². The van der Waals surface area contributed by atoms with Crippen molar-refractivity contribution in [3.63, 3.8) is 0 Å². The Bertz CT molecular complexity index is 2020.